The van der Waals surface area contributed by atoms with Gasteiger partial charge in [-0.15, -0.1) is 0 Å². The molecule has 6 heterocycles. The first kappa shape index (κ1) is 15.5. The summed E-state index contributed by atoms with van der Waals surface area (Å²) in [6.07, 6.45) is 1.92. The van der Waals surface area contributed by atoms with Crippen LogP contribution < -0.4 is 0 Å². The largest absolute Gasteiger partial charge is 0.492 e. The average molecular weight is 361 g/mol. The van der Waals surface area contributed by atoms with Gasteiger partial charge in [0, 0.05) is 17.9 Å². The van der Waals surface area contributed by atoms with E-state index >= 15 is 0 Å². The average Bonchev–Trinajstić information content (AvgIpc) is 3.33. The van der Waals surface area contributed by atoms with E-state index in [-0.39, 0.29) is 42.0 Å². The molecule has 0 aromatic carbocycles. The Kier molecular flexibility index (Phi) is 2.65. The van der Waals surface area contributed by atoms with Gasteiger partial charge in [-0.2, -0.15) is 0 Å². The quantitative estimate of drug-likeness (QED) is 0.732. The van der Waals surface area contributed by atoms with Gasteiger partial charge in [0.25, 0.3) is 0 Å². The van der Waals surface area contributed by atoms with E-state index in [0.29, 0.717) is 28.9 Å². The maximum Gasteiger partial charge on any atom is 0.343 e. The first-order valence-electron chi connectivity index (χ1n) is 9.45. The van der Waals surface area contributed by atoms with E-state index in [9.17, 15) is 9.90 Å². The van der Waals surface area contributed by atoms with Crippen molar-refractivity contribution in [2.45, 2.75) is 50.2 Å². The van der Waals surface area contributed by atoms with Gasteiger partial charge in [-0.3, -0.25) is 4.90 Å². The Bertz CT molecular complexity index is 804. The summed E-state index contributed by atoms with van der Waals surface area (Å²) >= 11 is 0. The topological polar surface area (TPSA) is 77.5 Å². The Morgan fingerprint density at radius 2 is 2.23 bits per heavy atom. The highest BCUT2D eigenvalue weighted by atomic mass is 16.7. The summed E-state index contributed by atoms with van der Waals surface area (Å²) in [5.41, 5.74) is 0.160. The monoisotopic (exact) mass is 361 g/mol. The minimum atomic E-state index is -0.715. The minimum absolute atomic E-state index is 0.0168. The number of nitrogens with zero attached hydrogens (tertiary/aromatic N) is 1. The molecule has 26 heavy (non-hydrogen) atoms. The van der Waals surface area contributed by atoms with E-state index in [1.54, 1.807) is 14.0 Å². The van der Waals surface area contributed by atoms with Gasteiger partial charge in [0.2, 0.25) is 11.5 Å². The van der Waals surface area contributed by atoms with Crippen LogP contribution in [0, 0.1) is 17.8 Å². The molecule has 5 saturated heterocycles. The lowest BCUT2D eigenvalue weighted by atomic mass is 9.71. The second-order valence-corrected chi connectivity index (χ2v) is 8.47. The standard InChI is InChI=1S/C19H23NO6/c1-8-13-10-6-12-18(7-21)11(4-5-20(10)18)19(13,25-12)26-15(8)16-14(23-3)9(2)17(22)24-16/h8,10-13,21H,4-7H2,1-3H3/b16-15-/t8-,10?,11?,12?,13+,18?,19?/m0/s1. The van der Waals surface area contributed by atoms with E-state index in [1.165, 1.54) is 0 Å². The molecule has 6 aliphatic heterocycles. The summed E-state index contributed by atoms with van der Waals surface area (Å²) in [5, 5.41) is 10.3. The number of carbonyl (C=O) groups excluding carboxylic acids is 1. The van der Waals surface area contributed by atoms with E-state index in [2.05, 4.69) is 11.8 Å². The van der Waals surface area contributed by atoms with Crippen molar-refractivity contribution in [2.75, 3.05) is 20.3 Å². The zero-order chi connectivity index (χ0) is 18.0. The number of esters is 1. The van der Waals surface area contributed by atoms with E-state index in [4.69, 9.17) is 18.9 Å². The summed E-state index contributed by atoms with van der Waals surface area (Å²) in [6.45, 7) is 4.92. The molecule has 0 aromatic rings. The predicted molar refractivity (Wildman–Crippen MR) is 87.2 cm³/mol. The number of fused-ring (bicyclic) bond motifs is 1. The molecule has 7 nitrogen and oxygen atoms in total. The molecule has 140 valence electrons. The smallest absolute Gasteiger partial charge is 0.343 e. The molecular formula is C19H23NO6. The van der Waals surface area contributed by atoms with Gasteiger partial charge in [-0.1, -0.05) is 6.92 Å². The second-order valence-electron chi connectivity index (χ2n) is 8.47. The molecule has 5 bridgehead atoms. The van der Waals surface area contributed by atoms with Crippen LogP contribution in [0.2, 0.25) is 0 Å². The Balaban J connectivity index is 1.51. The fourth-order valence-electron chi connectivity index (χ4n) is 7.00. The lowest BCUT2D eigenvalue weighted by Crippen LogP contribution is -2.62. The van der Waals surface area contributed by atoms with E-state index in [1.807, 2.05) is 0 Å². The summed E-state index contributed by atoms with van der Waals surface area (Å²) in [7, 11) is 1.54. The number of aliphatic hydroxyl groups is 1. The number of aliphatic hydroxyl groups excluding tert-OH is 1. The Morgan fingerprint density at radius 3 is 2.96 bits per heavy atom. The lowest BCUT2D eigenvalue weighted by molar-refractivity contribution is -0.256. The Morgan fingerprint density at radius 1 is 1.42 bits per heavy atom. The van der Waals surface area contributed by atoms with Crippen LogP contribution in [-0.2, 0) is 23.7 Å². The Hall–Kier alpha value is -1.57. The van der Waals surface area contributed by atoms with Gasteiger partial charge in [-0.05, 0) is 26.3 Å². The molecule has 0 aromatic heterocycles. The van der Waals surface area contributed by atoms with Crippen molar-refractivity contribution in [3.05, 3.63) is 22.9 Å². The van der Waals surface area contributed by atoms with Crippen molar-refractivity contribution in [1.82, 2.24) is 4.90 Å². The van der Waals surface area contributed by atoms with Crippen LogP contribution >= 0.6 is 0 Å². The van der Waals surface area contributed by atoms with Crippen molar-refractivity contribution in [3.8, 4) is 0 Å². The molecule has 0 saturated carbocycles. The molecule has 6 unspecified atom stereocenters. The van der Waals surface area contributed by atoms with Crippen molar-refractivity contribution >= 4 is 5.97 Å². The van der Waals surface area contributed by atoms with Crippen LogP contribution in [0.1, 0.15) is 26.7 Å². The maximum atomic E-state index is 12.1. The van der Waals surface area contributed by atoms with Crippen LogP contribution in [-0.4, -0.2) is 59.7 Å². The Labute approximate surface area is 151 Å². The molecule has 1 N–H and O–H groups in total. The fourth-order valence-corrected chi connectivity index (χ4v) is 7.00. The van der Waals surface area contributed by atoms with Crippen molar-refractivity contribution < 1.29 is 28.8 Å². The van der Waals surface area contributed by atoms with E-state index < -0.39 is 5.79 Å². The highest BCUT2D eigenvalue weighted by Gasteiger charge is 2.84. The van der Waals surface area contributed by atoms with E-state index in [0.717, 1.165) is 19.4 Å². The van der Waals surface area contributed by atoms with Gasteiger partial charge in [0.1, 0.15) is 5.76 Å². The molecule has 7 heteroatoms. The maximum absolute atomic E-state index is 12.1. The highest BCUT2D eigenvalue weighted by molar-refractivity contribution is 5.93. The van der Waals surface area contributed by atoms with Crippen LogP contribution in [0.15, 0.2) is 22.9 Å². The summed E-state index contributed by atoms with van der Waals surface area (Å²) in [6, 6.07) is 0.334. The third-order valence-corrected chi connectivity index (χ3v) is 7.85. The van der Waals surface area contributed by atoms with Crippen LogP contribution in [0.3, 0.4) is 0 Å². The number of piperidine rings is 1. The normalized spacial score (nSPS) is 55.6. The summed E-state index contributed by atoms with van der Waals surface area (Å²) in [4.78, 5) is 14.5. The van der Waals surface area contributed by atoms with Crippen LogP contribution in [0.5, 0.6) is 0 Å². The number of hydrogen-bond donors (Lipinski definition) is 1. The van der Waals surface area contributed by atoms with Gasteiger partial charge in [0.15, 0.2) is 5.76 Å². The molecule has 0 amide bonds. The van der Waals surface area contributed by atoms with Crippen molar-refractivity contribution in [1.29, 1.82) is 0 Å². The molecule has 1 spiro atoms. The zero-order valence-electron chi connectivity index (χ0n) is 15.2. The fraction of sp³-hybridized carbons (Fsp3) is 0.737. The molecule has 0 aliphatic carbocycles. The molecule has 0 radical (unpaired) electrons. The van der Waals surface area contributed by atoms with Gasteiger partial charge >= 0.3 is 5.97 Å². The first-order chi connectivity index (χ1) is 12.5. The third kappa shape index (κ3) is 1.32. The predicted octanol–water partition coefficient (Wildman–Crippen LogP) is 0.892. The number of methoxy groups -OCH3 is 1. The summed E-state index contributed by atoms with van der Waals surface area (Å²) in [5.74, 6) is 0.779. The minimum Gasteiger partial charge on any atom is -0.492 e. The van der Waals surface area contributed by atoms with Crippen LogP contribution in [0.25, 0.3) is 0 Å². The number of carbonyl (C=O) groups is 1. The molecule has 8 atom stereocenters. The zero-order valence-corrected chi connectivity index (χ0v) is 15.2. The lowest BCUT2D eigenvalue weighted by Gasteiger charge is -2.47. The highest BCUT2D eigenvalue weighted by Crippen LogP contribution is 2.72. The number of ether oxygens (including phenoxy) is 4. The van der Waals surface area contributed by atoms with Gasteiger partial charge < -0.3 is 24.1 Å². The van der Waals surface area contributed by atoms with Gasteiger partial charge in [0.05, 0.1) is 36.9 Å². The SMILES string of the molecule is COC1=C(C)C(=O)O/C1=C1\OC23OC4CC([C@H]2[C@@H]1C)N1CCC3C41CO. The number of hydrogen-bond acceptors (Lipinski definition) is 7. The number of allylic oxidation sites excluding steroid dienone is 1. The third-order valence-electron chi connectivity index (χ3n) is 7.85. The van der Waals surface area contributed by atoms with Crippen LogP contribution in [0.4, 0.5) is 0 Å². The molecular weight excluding hydrogens is 338 g/mol. The van der Waals surface area contributed by atoms with Crippen molar-refractivity contribution in [3.63, 3.8) is 0 Å². The second kappa shape index (κ2) is 4.46. The van der Waals surface area contributed by atoms with Gasteiger partial charge in [-0.25, -0.2) is 4.79 Å². The number of rotatable bonds is 2. The first-order valence-corrected chi connectivity index (χ1v) is 9.45. The molecule has 6 aliphatic rings. The van der Waals surface area contributed by atoms with Crippen molar-refractivity contribution in [2.24, 2.45) is 17.8 Å². The number of cyclic esters (lactones) is 1. The molecule has 6 rings (SSSR count). The molecule has 5 fully saturated rings. The summed E-state index contributed by atoms with van der Waals surface area (Å²) < 4.78 is 24.0.